The minimum atomic E-state index is -0.707. The average molecular weight is 449 g/mol. The lowest BCUT2D eigenvalue weighted by Crippen LogP contribution is -2.37. The van der Waals surface area contributed by atoms with Crippen LogP contribution in [0.15, 0.2) is 103 Å². The highest BCUT2D eigenvalue weighted by atomic mass is 19.1. The van der Waals surface area contributed by atoms with Crippen LogP contribution in [0.3, 0.4) is 0 Å². The summed E-state index contributed by atoms with van der Waals surface area (Å²) in [6.45, 7) is 6.08. The van der Waals surface area contributed by atoms with Crippen molar-refractivity contribution in [2.75, 3.05) is 0 Å². The molecule has 0 aliphatic carbocycles. The van der Waals surface area contributed by atoms with E-state index >= 15 is 4.39 Å². The van der Waals surface area contributed by atoms with Crippen LogP contribution in [-0.2, 0) is 5.60 Å². The van der Waals surface area contributed by atoms with Crippen molar-refractivity contribution < 1.29 is 9.13 Å². The number of benzene rings is 4. The monoisotopic (exact) mass is 448 g/mol. The fraction of sp³-hybridized carbons (Fsp3) is 0.188. The maximum atomic E-state index is 15.3. The Balaban J connectivity index is 1.66. The van der Waals surface area contributed by atoms with Crippen molar-refractivity contribution in [3.63, 3.8) is 0 Å². The highest BCUT2D eigenvalue weighted by molar-refractivity contribution is 5.78. The Hall–Kier alpha value is -3.65. The molecule has 0 fully saturated rings. The van der Waals surface area contributed by atoms with Gasteiger partial charge in [-0.3, -0.25) is 0 Å². The second kappa shape index (κ2) is 8.95. The largest absolute Gasteiger partial charge is 0.477 e. The van der Waals surface area contributed by atoms with Gasteiger partial charge in [-0.25, -0.2) is 4.39 Å². The molecular weight excluding hydrogens is 419 g/mol. The summed E-state index contributed by atoms with van der Waals surface area (Å²) >= 11 is 0. The van der Waals surface area contributed by atoms with E-state index in [0.717, 1.165) is 33.6 Å². The molecule has 0 radical (unpaired) electrons. The van der Waals surface area contributed by atoms with Gasteiger partial charge >= 0.3 is 0 Å². The van der Waals surface area contributed by atoms with Crippen LogP contribution in [0.4, 0.5) is 4.39 Å². The van der Waals surface area contributed by atoms with Gasteiger partial charge in [-0.1, -0.05) is 96.6 Å². The van der Waals surface area contributed by atoms with Crippen molar-refractivity contribution >= 4 is 5.83 Å². The van der Waals surface area contributed by atoms with Gasteiger partial charge in [-0.05, 0) is 61.9 Å². The van der Waals surface area contributed by atoms with E-state index in [1.807, 2.05) is 43.3 Å². The van der Waals surface area contributed by atoms with Crippen LogP contribution < -0.4 is 4.74 Å². The van der Waals surface area contributed by atoms with Gasteiger partial charge in [-0.15, -0.1) is 0 Å². The lowest BCUT2D eigenvalue weighted by molar-refractivity contribution is 0.0974. The molecule has 4 aromatic rings. The topological polar surface area (TPSA) is 9.23 Å². The zero-order chi connectivity index (χ0) is 23.7. The minimum absolute atomic E-state index is 0.152. The van der Waals surface area contributed by atoms with E-state index in [0.29, 0.717) is 18.4 Å². The first-order valence-corrected chi connectivity index (χ1v) is 11.9. The molecule has 0 aromatic heterocycles. The smallest absolute Gasteiger partial charge is 0.160 e. The summed E-state index contributed by atoms with van der Waals surface area (Å²) in [5, 5.41) is 0. The summed E-state index contributed by atoms with van der Waals surface area (Å²) in [5.74, 6) is 0.728. The number of rotatable bonds is 5. The number of aryl methyl sites for hydroxylation is 2. The lowest BCUT2D eigenvalue weighted by atomic mass is 9.75. The number of ether oxygens (including phenoxy) is 1. The Labute approximate surface area is 201 Å². The molecule has 34 heavy (non-hydrogen) atoms. The van der Waals surface area contributed by atoms with E-state index < -0.39 is 5.60 Å². The van der Waals surface area contributed by atoms with Crippen LogP contribution in [0.5, 0.6) is 5.75 Å². The molecule has 5 rings (SSSR count). The summed E-state index contributed by atoms with van der Waals surface area (Å²) in [5.41, 5.74) is 7.50. The van der Waals surface area contributed by atoms with Crippen molar-refractivity contribution in [2.24, 2.45) is 0 Å². The predicted molar refractivity (Wildman–Crippen MR) is 139 cm³/mol. The molecule has 1 aliphatic rings. The van der Waals surface area contributed by atoms with E-state index in [4.69, 9.17) is 4.74 Å². The van der Waals surface area contributed by atoms with Crippen LogP contribution in [0.25, 0.3) is 17.0 Å². The Morgan fingerprint density at radius 2 is 1.38 bits per heavy atom. The molecule has 1 heterocycles. The molecule has 0 N–H and O–H groups in total. The van der Waals surface area contributed by atoms with Crippen molar-refractivity contribution in [3.8, 4) is 16.9 Å². The van der Waals surface area contributed by atoms with Gasteiger partial charge in [0, 0.05) is 16.7 Å². The molecule has 1 aliphatic heterocycles. The van der Waals surface area contributed by atoms with Crippen LogP contribution >= 0.6 is 0 Å². The van der Waals surface area contributed by atoms with E-state index in [-0.39, 0.29) is 5.83 Å². The maximum absolute atomic E-state index is 15.3. The highest BCUT2D eigenvalue weighted by Gasteiger charge is 2.42. The molecule has 4 aromatic carbocycles. The number of hydrogen-bond acceptors (Lipinski definition) is 1. The molecule has 0 bridgehead atoms. The van der Waals surface area contributed by atoms with Crippen LogP contribution in [0.1, 0.15) is 47.6 Å². The first-order valence-electron chi connectivity index (χ1n) is 11.9. The number of halogens is 1. The normalized spacial score (nSPS) is 17.3. The van der Waals surface area contributed by atoms with Crippen LogP contribution in [0.2, 0.25) is 0 Å². The molecule has 0 amide bonds. The van der Waals surface area contributed by atoms with Crippen molar-refractivity contribution in [3.05, 3.63) is 130 Å². The fourth-order valence-corrected chi connectivity index (χ4v) is 4.96. The van der Waals surface area contributed by atoms with Gasteiger partial charge in [0.25, 0.3) is 0 Å². The Bertz CT molecular complexity index is 1350. The standard InChI is InChI=1S/C32H29FO/c1-22-14-16-27-28-17-15-23(2)21-30(28)34-32(29(27)20-22,26-12-8-5-9-13-26)19-18-24(3)31(33)25-10-6-4-7-11-25/h4-17,20-21H,18-19H2,1-3H3/b31-24-. The molecule has 0 spiro atoms. The number of hydrogen-bond donors (Lipinski definition) is 0. The van der Waals surface area contributed by atoms with Gasteiger partial charge in [0.1, 0.15) is 11.6 Å². The second-order valence-corrected chi connectivity index (χ2v) is 9.30. The fourth-order valence-electron chi connectivity index (χ4n) is 4.96. The summed E-state index contributed by atoms with van der Waals surface area (Å²) < 4.78 is 22.3. The third-order valence-electron chi connectivity index (χ3n) is 6.82. The lowest BCUT2D eigenvalue weighted by Gasteiger charge is -2.41. The summed E-state index contributed by atoms with van der Waals surface area (Å²) in [7, 11) is 0. The molecular formula is C32H29FO. The third-order valence-corrected chi connectivity index (χ3v) is 6.82. The zero-order valence-corrected chi connectivity index (χ0v) is 19.9. The zero-order valence-electron chi connectivity index (χ0n) is 19.9. The van der Waals surface area contributed by atoms with Gasteiger partial charge < -0.3 is 4.74 Å². The SMILES string of the molecule is C/C(CCC1(c2ccccc2)Oc2cc(C)ccc2-c2ccc(C)cc21)=C(/F)c1ccccc1. The highest BCUT2D eigenvalue weighted by Crippen LogP contribution is 2.51. The summed E-state index contributed by atoms with van der Waals surface area (Å²) in [4.78, 5) is 0. The Morgan fingerprint density at radius 1 is 0.765 bits per heavy atom. The number of allylic oxidation sites excluding steroid dienone is 1. The van der Waals surface area contributed by atoms with E-state index in [1.54, 1.807) is 0 Å². The minimum Gasteiger partial charge on any atom is -0.477 e. The second-order valence-electron chi connectivity index (χ2n) is 9.30. The van der Waals surface area contributed by atoms with Crippen molar-refractivity contribution in [1.82, 2.24) is 0 Å². The first kappa shape index (κ1) is 22.2. The number of fused-ring (bicyclic) bond motifs is 3. The van der Waals surface area contributed by atoms with E-state index in [2.05, 4.69) is 74.5 Å². The van der Waals surface area contributed by atoms with Crippen LogP contribution in [-0.4, -0.2) is 0 Å². The van der Waals surface area contributed by atoms with Gasteiger partial charge in [0.05, 0.1) is 0 Å². The average Bonchev–Trinajstić information content (AvgIpc) is 2.87. The van der Waals surface area contributed by atoms with Crippen LogP contribution in [0, 0.1) is 13.8 Å². The predicted octanol–water partition coefficient (Wildman–Crippen LogP) is 8.79. The molecule has 1 unspecified atom stereocenters. The summed E-state index contributed by atoms with van der Waals surface area (Å²) in [6.07, 6.45) is 1.21. The van der Waals surface area contributed by atoms with E-state index in [1.165, 1.54) is 11.1 Å². The maximum Gasteiger partial charge on any atom is 0.160 e. The third kappa shape index (κ3) is 3.94. The van der Waals surface area contributed by atoms with Crippen molar-refractivity contribution in [2.45, 2.75) is 39.2 Å². The van der Waals surface area contributed by atoms with Crippen molar-refractivity contribution in [1.29, 1.82) is 0 Å². The van der Waals surface area contributed by atoms with Gasteiger partial charge in [0.15, 0.2) is 5.60 Å². The molecule has 0 saturated heterocycles. The molecule has 1 atom stereocenters. The quantitative estimate of drug-likeness (QED) is 0.296. The Morgan fingerprint density at radius 3 is 2.09 bits per heavy atom. The van der Waals surface area contributed by atoms with Gasteiger partial charge in [0.2, 0.25) is 0 Å². The first-order chi connectivity index (χ1) is 16.5. The van der Waals surface area contributed by atoms with Gasteiger partial charge in [-0.2, -0.15) is 0 Å². The molecule has 0 saturated carbocycles. The molecule has 170 valence electrons. The Kier molecular flexibility index (Phi) is 5.83. The van der Waals surface area contributed by atoms with E-state index in [9.17, 15) is 0 Å². The molecule has 1 nitrogen and oxygen atoms in total. The molecule has 2 heteroatoms. The summed E-state index contributed by atoms with van der Waals surface area (Å²) in [6, 6.07) is 32.6.